The number of benzene rings is 1. The molecule has 0 radical (unpaired) electrons. The zero-order chi connectivity index (χ0) is 12.6. The first-order valence-corrected chi connectivity index (χ1v) is 6.25. The lowest BCUT2D eigenvalue weighted by molar-refractivity contribution is -0.153. The Labute approximate surface area is 106 Å². The van der Waals surface area contributed by atoms with Crippen LogP contribution >= 0.6 is 0 Å². The summed E-state index contributed by atoms with van der Waals surface area (Å²) >= 11 is 0. The Morgan fingerprint density at radius 2 is 2.22 bits per heavy atom. The average Bonchev–Trinajstić information content (AvgIpc) is 2.92. The van der Waals surface area contributed by atoms with Crippen LogP contribution in [0.3, 0.4) is 0 Å². The Balaban J connectivity index is 1.62. The minimum atomic E-state index is -0.460. The van der Waals surface area contributed by atoms with E-state index in [2.05, 4.69) is 0 Å². The number of hydrogen-bond acceptors (Lipinski definition) is 3. The monoisotopic (exact) mass is 244 g/mol. The van der Waals surface area contributed by atoms with Gasteiger partial charge in [-0.3, -0.25) is 4.79 Å². The van der Waals surface area contributed by atoms with Crippen molar-refractivity contribution in [2.45, 2.75) is 31.7 Å². The third-order valence-electron chi connectivity index (χ3n) is 3.72. The highest BCUT2D eigenvalue weighted by Crippen LogP contribution is 2.43. The molecular formula is C15H16O3. The normalized spacial score (nSPS) is 32.7. The molecule has 1 aromatic rings. The highest BCUT2D eigenvalue weighted by Gasteiger charge is 2.50. The molecule has 2 aliphatic heterocycles. The molecule has 1 fully saturated rings. The number of carbonyl (C=O) groups is 1. The van der Waals surface area contributed by atoms with Crippen molar-refractivity contribution in [1.29, 1.82) is 0 Å². The van der Waals surface area contributed by atoms with Gasteiger partial charge in [0.15, 0.2) is 0 Å². The zero-order valence-corrected chi connectivity index (χ0v) is 10.3. The lowest BCUT2D eigenvalue weighted by Crippen LogP contribution is -2.35. The maximum atomic E-state index is 12.1. The van der Waals surface area contributed by atoms with Gasteiger partial charge in [0.1, 0.15) is 6.61 Å². The standard InChI is InChI=1S/C15H16O3/c1-15-8-7-12(18-15)9-13(15)14(16)17-10-11-5-3-2-4-6-11/h2-8,12-13H,9-10H2,1H3. The van der Waals surface area contributed by atoms with Gasteiger partial charge < -0.3 is 9.47 Å². The molecule has 3 nitrogen and oxygen atoms in total. The van der Waals surface area contributed by atoms with E-state index in [1.807, 2.05) is 49.4 Å². The van der Waals surface area contributed by atoms with Gasteiger partial charge in [-0.1, -0.05) is 42.5 Å². The van der Waals surface area contributed by atoms with Crippen molar-refractivity contribution in [1.82, 2.24) is 0 Å². The van der Waals surface area contributed by atoms with Gasteiger partial charge in [0.05, 0.1) is 17.6 Å². The van der Waals surface area contributed by atoms with Crippen LogP contribution in [0.15, 0.2) is 42.5 Å². The van der Waals surface area contributed by atoms with E-state index in [-0.39, 0.29) is 18.0 Å². The first-order chi connectivity index (χ1) is 8.67. The molecule has 0 aromatic heterocycles. The van der Waals surface area contributed by atoms with Crippen LogP contribution < -0.4 is 0 Å². The summed E-state index contributed by atoms with van der Waals surface area (Å²) in [6, 6.07) is 9.72. The Hall–Kier alpha value is -1.61. The first kappa shape index (κ1) is 11.5. The first-order valence-electron chi connectivity index (χ1n) is 6.25. The highest BCUT2D eigenvalue weighted by molar-refractivity contribution is 5.75. The van der Waals surface area contributed by atoms with E-state index in [0.29, 0.717) is 6.61 Å². The van der Waals surface area contributed by atoms with Gasteiger partial charge in [0, 0.05) is 0 Å². The third-order valence-corrected chi connectivity index (χ3v) is 3.72. The molecule has 3 rings (SSSR count). The molecule has 18 heavy (non-hydrogen) atoms. The summed E-state index contributed by atoms with van der Waals surface area (Å²) in [6.45, 7) is 2.28. The van der Waals surface area contributed by atoms with E-state index in [1.54, 1.807) is 0 Å². The number of rotatable bonds is 3. The van der Waals surface area contributed by atoms with Crippen LogP contribution in [0.1, 0.15) is 18.9 Å². The van der Waals surface area contributed by atoms with Crippen molar-refractivity contribution in [3.63, 3.8) is 0 Å². The summed E-state index contributed by atoms with van der Waals surface area (Å²) in [5, 5.41) is 0. The highest BCUT2D eigenvalue weighted by atomic mass is 16.5. The number of carbonyl (C=O) groups excluding carboxylic acids is 1. The fourth-order valence-electron chi connectivity index (χ4n) is 2.65. The second-order valence-corrected chi connectivity index (χ2v) is 5.08. The number of ether oxygens (including phenoxy) is 2. The van der Waals surface area contributed by atoms with Crippen LogP contribution in [-0.2, 0) is 20.9 Å². The van der Waals surface area contributed by atoms with Gasteiger partial charge in [-0.15, -0.1) is 0 Å². The van der Waals surface area contributed by atoms with Crippen LogP contribution in [0.25, 0.3) is 0 Å². The van der Waals surface area contributed by atoms with Crippen LogP contribution in [0, 0.1) is 5.92 Å². The predicted molar refractivity (Wildman–Crippen MR) is 66.8 cm³/mol. The minimum absolute atomic E-state index is 0.0873. The smallest absolute Gasteiger partial charge is 0.312 e. The average molecular weight is 244 g/mol. The van der Waals surface area contributed by atoms with Crippen molar-refractivity contribution in [3.8, 4) is 0 Å². The maximum Gasteiger partial charge on any atom is 0.312 e. The maximum absolute atomic E-state index is 12.1. The van der Waals surface area contributed by atoms with Crippen LogP contribution in [0.2, 0.25) is 0 Å². The second kappa shape index (κ2) is 4.25. The molecule has 1 saturated heterocycles. The lowest BCUT2D eigenvalue weighted by atomic mass is 9.84. The van der Waals surface area contributed by atoms with Crippen molar-refractivity contribution < 1.29 is 14.3 Å². The van der Waals surface area contributed by atoms with Gasteiger partial charge in [0.25, 0.3) is 0 Å². The molecule has 3 atom stereocenters. The topological polar surface area (TPSA) is 35.5 Å². The van der Waals surface area contributed by atoms with E-state index in [0.717, 1.165) is 12.0 Å². The Bertz CT molecular complexity index is 480. The molecule has 1 aromatic carbocycles. The Kier molecular flexibility index (Phi) is 2.71. The quantitative estimate of drug-likeness (QED) is 0.605. The number of hydrogen-bond donors (Lipinski definition) is 0. The van der Waals surface area contributed by atoms with E-state index >= 15 is 0 Å². The van der Waals surface area contributed by atoms with Crippen LogP contribution in [0.5, 0.6) is 0 Å². The summed E-state index contributed by atoms with van der Waals surface area (Å²) in [5.74, 6) is -0.329. The molecule has 94 valence electrons. The van der Waals surface area contributed by atoms with Crippen molar-refractivity contribution in [2.24, 2.45) is 5.92 Å². The zero-order valence-electron chi connectivity index (χ0n) is 10.3. The molecule has 0 amide bonds. The number of fused-ring (bicyclic) bond motifs is 2. The number of esters is 1. The largest absolute Gasteiger partial charge is 0.461 e. The van der Waals surface area contributed by atoms with E-state index < -0.39 is 5.60 Å². The summed E-state index contributed by atoms with van der Waals surface area (Å²) in [6.07, 6.45) is 4.83. The fraction of sp³-hybridized carbons (Fsp3) is 0.400. The molecule has 2 aliphatic rings. The molecule has 2 bridgehead atoms. The van der Waals surface area contributed by atoms with Crippen LogP contribution in [0.4, 0.5) is 0 Å². The molecule has 3 heteroatoms. The summed E-state index contributed by atoms with van der Waals surface area (Å²) in [4.78, 5) is 12.1. The molecule has 0 spiro atoms. The van der Waals surface area contributed by atoms with Crippen LogP contribution in [-0.4, -0.2) is 17.7 Å². The SMILES string of the molecule is CC12C=CC(CC1C(=O)OCc1ccccc1)O2. The summed E-state index contributed by atoms with van der Waals surface area (Å²) in [7, 11) is 0. The fourth-order valence-corrected chi connectivity index (χ4v) is 2.65. The van der Waals surface area contributed by atoms with Gasteiger partial charge in [-0.05, 0) is 18.9 Å². The minimum Gasteiger partial charge on any atom is -0.461 e. The van der Waals surface area contributed by atoms with Gasteiger partial charge in [-0.25, -0.2) is 0 Å². The summed E-state index contributed by atoms with van der Waals surface area (Å²) < 4.78 is 11.1. The lowest BCUT2D eigenvalue weighted by Gasteiger charge is -2.24. The van der Waals surface area contributed by atoms with Gasteiger partial charge >= 0.3 is 5.97 Å². The van der Waals surface area contributed by atoms with E-state index in [4.69, 9.17) is 9.47 Å². The molecule has 3 unspecified atom stereocenters. The van der Waals surface area contributed by atoms with E-state index in [9.17, 15) is 4.79 Å². The molecule has 2 heterocycles. The van der Waals surface area contributed by atoms with Crippen molar-refractivity contribution in [3.05, 3.63) is 48.0 Å². The van der Waals surface area contributed by atoms with Gasteiger partial charge in [0.2, 0.25) is 0 Å². The summed E-state index contributed by atoms with van der Waals surface area (Å²) in [5.41, 5.74) is 0.550. The molecule has 0 N–H and O–H groups in total. The Morgan fingerprint density at radius 3 is 2.83 bits per heavy atom. The van der Waals surface area contributed by atoms with E-state index in [1.165, 1.54) is 0 Å². The van der Waals surface area contributed by atoms with Gasteiger partial charge in [-0.2, -0.15) is 0 Å². The molecule has 0 aliphatic carbocycles. The second-order valence-electron chi connectivity index (χ2n) is 5.08. The van der Waals surface area contributed by atoms with Crippen molar-refractivity contribution in [2.75, 3.05) is 0 Å². The molecular weight excluding hydrogens is 228 g/mol. The Morgan fingerprint density at radius 1 is 1.44 bits per heavy atom. The molecule has 0 saturated carbocycles. The van der Waals surface area contributed by atoms with Crippen molar-refractivity contribution >= 4 is 5.97 Å². The predicted octanol–water partition coefficient (Wildman–Crippen LogP) is 2.46. The third kappa shape index (κ3) is 1.95.